The highest BCUT2D eigenvalue weighted by atomic mass is 16.4. The van der Waals surface area contributed by atoms with Crippen LogP contribution in [0.15, 0.2) is 39.5 Å². The van der Waals surface area contributed by atoms with Crippen molar-refractivity contribution in [3.8, 4) is 0 Å². The van der Waals surface area contributed by atoms with Crippen LogP contribution >= 0.6 is 0 Å². The predicted octanol–water partition coefficient (Wildman–Crippen LogP) is 1.98. The van der Waals surface area contributed by atoms with Crippen molar-refractivity contribution in [1.29, 1.82) is 0 Å². The lowest BCUT2D eigenvalue weighted by atomic mass is 10.2. The first-order valence-corrected chi connectivity index (χ1v) is 3.62. The molecule has 1 aromatic carbocycles. The summed E-state index contributed by atoms with van der Waals surface area (Å²) < 4.78 is 4.97. The van der Waals surface area contributed by atoms with Crippen molar-refractivity contribution in [3.05, 3.63) is 53.2 Å². The molecule has 0 aliphatic rings. The zero-order valence-electron chi connectivity index (χ0n) is 6.41. The third kappa shape index (κ3) is 1.01. The van der Waals surface area contributed by atoms with Crippen LogP contribution in [-0.4, -0.2) is 0 Å². The van der Waals surface area contributed by atoms with E-state index in [1.165, 1.54) is 0 Å². The fourth-order valence-corrected chi connectivity index (χ4v) is 1.10. The van der Waals surface area contributed by atoms with Gasteiger partial charge in [0, 0.05) is 10.9 Å². The Kier molecular flexibility index (Phi) is 1.47. The summed E-state index contributed by atoms with van der Waals surface area (Å²) in [6.45, 7) is 3.56. The Labute approximate surface area is 69.4 Å². The highest BCUT2D eigenvalue weighted by Crippen LogP contribution is 2.11. The van der Waals surface area contributed by atoms with Gasteiger partial charge in [0.15, 0.2) is 0 Å². The first-order valence-electron chi connectivity index (χ1n) is 3.62. The molecule has 0 N–H and O–H groups in total. The average Bonchev–Trinajstić information content (AvgIpc) is 2.07. The van der Waals surface area contributed by atoms with Crippen LogP contribution in [0, 0.1) is 6.92 Å². The molecule has 0 saturated heterocycles. The van der Waals surface area contributed by atoms with Crippen LogP contribution in [0.25, 0.3) is 11.0 Å². The molecule has 0 atom stereocenters. The largest absolute Gasteiger partial charge is 0.423 e. The Bertz CT molecular complexity index is 468. The van der Waals surface area contributed by atoms with E-state index >= 15 is 0 Å². The van der Waals surface area contributed by atoms with Crippen LogP contribution in [0.4, 0.5) is 0 Å². The van der Waals surface area contributed by atoms with Gasteiger partial charge in [0.1, 0.15) is 5.58 Å². The molecule has 1 aromatic heterocycles. The molecule has 0 saturated carbocycles. The Hall–Kier alpha value is -1.57. The summed E-state index contributed by atoms with van der Waals surface area (Å²) >= 11 is 0. The summed E-state index contributed by atoms with van der Waals surface area (Å²) in [5.41, 5.74) is 0.636. The fraction of sp³-hybridized carbons (Fsp3) is 0. The zero-order chi connectivity index (χ0) is 8.55. The SMILES string of the molecule is [CH2]c1cc2ccccc2oc1=O. The van der Waals surface area contributed by atoms with Gasteiger partial charge in [-0.15, -0.1) is 0 Å². The molecular weight excluding hydrogens is 152 g/mol. The van der Waals surface area contributed by atoms with Crippen molar-refractivity contribution in [2.24, 2.45) is 0 Å². The van der Waals surface area contributed by atoms with Crippen molar-refractivity contribution in [2.45, 2.75) is 0 Å². The van der Waals surface area contributed by atoms with Gasteiger partial charge >= 0.3 is 5.63 Å². The van der Waals surface area contributed by atoms with Crippen molar-refractivity contribution in [1.82, 2.24) is 0 Å². The lowest BCUT2D eigenvalue weighted by molar-refractivity contribution is 0.558. The lowest BCUT2D eigenvalue weighted by Gasteiger charge is -1.95. The highest BCUT2D eigenvalue weighted by molar-refractivity contribution is 5.76. The smallest absolute Gasteiger partial charge is 0.339 e. The first kappa shape index (κ1) is 7.10. The molecule has 0 fully saturated rings. The van der Waals surface area contributed by atoms with E-state index in [4.69, 9.17) is 4.42 Å². The second-order valence-corrected chi connectivity index (χ2v) is 2.60. The van der Waals surface area contributed by atoms with Gasteiger partial charge in [-0.2, -0.15) is 0 Å². The number of hydrogen-bond donors (Lipinski definition) is 0. The molecule has 0 unspecified atom stereocenters. The Morgan fingerprint density at radius 2 is 2.00 bits per heavy atom. The van der Waals surface area contributed by atoms with Gasteiger partial charge < -0.3 is 4.42 Å². The van der Waals surface area contributed by atoms with E-state index in [2.05, 4.69) is 6.92 Å². The average molecular weight is 159 g/mol. The van der Waals surface area contributed by atoms with Crippen molar-refractivity contribution in [3.63, 3.8) is 0 Å². The fourth-order valence-electron chi connectivity index (χ4n) is 1.10. The van der Waals surface area contributed by atoms with E-state index in [1.807, 2.05) is 18.2 Å². The third-order valence-electron chi connectivity index (χ3n) is 1.71. The third-order valence-corrected chi connectivity index (χ3v) is 1.71. The maximum absolute atomic E-state index is 11.0. The van der Waals surface area contributed by atoms with Crippen LogP contribution < -0.4 is 5.63 Å². The normalized spacial score (nSPS) is 10.4. The summed E-state index contributed by atoms with van der Waals surface area (Å²) in [7, 11) is 0. The monoisotopic (exact) mass is 159 g/mol. The van der Waals surface area contributed by atoms with Gasteiger partial charge in [0.05, 0.1) is 0 Å². The van der Waals surface area contributed by atoms with Gasteiger partial charge in [-0.25, -0.2) is 4.79 Å². The number of para-hydroxylation sites is 1. The molecule has 2 heteroatoms. The molecule has 2 rings (SSSR count). The van der Waals surface area contributed by atoms with Crippen molar-refractivity contribution in [2.75, 3.05) is 0 Å². The minimum Gasteiger partial charge on any atom is -0.423 e. The molecule has 0 amide bonds. The minimum absolute atomic E-state index is 0.367. The number of benzene rings is 1. The summed E-state index contributed by atoms with van der Waals surface area (Å²) in [5, 5.41) is 0.905. The van der Waals surface area contributed by atoms with E-state index in [0.29, 0.717) is 11.1 Å². The molecule has 1 radical (unpaired) electrons. The molecule has 0 aliphatic heterocycles. The van der Waals surface area contributed by atoms with Crippen LogP contribution in [-0.2, 0) is 0 Å². The van der Waals surface area contributed by atoms with E-state index < -0.39 is 0 Å². The zero-order valence-corrected chi connectivity index (χ0v) is 6.41. The van der Waals surface area contributed by atoms with Gasteiger partial charge in [-0.05, 0) is 19.1 Å². The highest BCUT2D eigenvalue weighted by Gasteiger charge is 1.98. The topological polar surface area (TPSA) is 30.2 Å². The molecule has 2 aromatic rings. The Balaban J connectivity index is 2.93. The summed E-state index contributed by atoms with van der Waals surface area (Å²) in [6.07, 6.45) is 0. The molecule has 0 aliphatic carbocycles. The molecule has 0 spiro atoms. The van der Waals surface area contributed by atoms with Crippen LogP contribution in [0.2, 0.25) is 0 Å². The van der Waals surface area contributed by atoms with Crippen molar-refractivity contribution < 1.29 is 4.42 Å². The number of hydrogen-bond acceptors (Lipinski definition) is 2. The second-order valence-electron chi connectivity index (χ2n) is 2.60. The molecule has 12 heavy (non-hydrogen) atoms. The Morgan fingerprint density at radius 3 is 2.83 bits per heavy atom. The predicted molar refractivity (Wildman–Crippen MR) is 46.9 cm³/mol. The van der Waals surface area contributed by atoms with Crippen molar-refractivity contribution >= 4 is 11.0 Å². The van der Waals surface area contributed by atoms with E-state index in [0.717, 1.165) is 5.39 Å². The second kappa shape index (κ2) is 2.48. The minimum atomic E-state index is -0.367. The number of fused-ring (bicyclic) bond motifs is 1. The summed E-state index contributed by atoms with van der Waals surface area (Å²) in [5.74, 6) is 0. The maximum Gasteiger partial charge on any atom is 0.339 e. The van der Waals surface area contributed by atoms with E-state index in [1.54, 1.807) is 12.1 Å². The molecule has 1 heterocycles. The molecule has 0 bridgehead atoms. The Morgan fingerprint density at radius 1 is 1.25 bits per heavy atom. The lowest BCUT2D eigenvalue weighted by Crippen LogP contribution is -2.01. The van der Waals surface area contributed by atoms with Gasteiger partial charge in [-0.3, -0.25) is 0 Å². The van der Waals surface area contributed by atoms with Crippen LogP contribution in [0.3, 0.4) is 0 Å². The summed E-state index contributed by atoms with van der Waals surface area (Å²) in [4.78, 5) is 11.0. The number of rotatable bonds is 0. The van der Waals surface area contributed by atoms with Gasteiger partial charge in [0.25, 0.3) is 0 Å². The first-order chi connectivity index (χ1) is 5.77. The standard InChI is InChI=1S/C10H7O2/c1-7-6-8-4-2-3-5-9(8)12-10(7)11/h2-6H,1H2. The molecular formula is C10H7O2. The van der Waals surface area contributed by atoms with E-state index in [9.17, 15) is 4.79 Å². The van der Waals surface area contributed by atoms with Crippen LogP contribution in [0.5, 0.6) is 0 Å². The van der Waals surface area contributed by atoms with Gasteiger partial charge in [-0.1, -0.05) is 18.2 Å². The van der Waals surface area contributed by atoms with Crippen LogP contribution in [0.1, 0.15) is 5.56 Å². The van der Waals surface area contributed by atoms with E-state index in [-0.39, 0.29) is 5.63 Å². The van der Waals surface area contributed by atoms with Gasteiger partial charge in [0.2, 0.25) is 0 Å². The summed E-state index contributed by atoms with van der Waals surface area (Å²) in [6, 6.07) is 9.08. The molecule has 2 nitrogen and oxygen atoms in total. The quantitative estimate of drug-likeness (QED) is 0.550. The maximum atomic E-state index is 11.0. The molecule has 59 valence electrons.